The molecule has 104 valence electrons. The second-order valence-corrected chi connectivity index (χ2v) is 3.94. The molecule has 0 saturated carbocycles. The number of nitrogens with two attached hydrogens (primary N) is 1. The number of amidine groups is 1. The third-order valence-corrected chi connectivity index (χ3v) is 2.60. The second-order valence-electron chi connectivity index (χ2n) is 3.94. The highest BCUT2D eigenvalue weighted by molar-refractivity contribution is 5.90. The molecule has 1 atom stereocenters. The van der Waals surface area contributed by atoms with Crippen LogP contribution in [0.4, 0.5) is 8.78 Å². The van der Waals surface area contributed by atoms with Crippen LogP contribution in [0.1, 0.15) is 18.9 Å². The van der Waals surface area contributed by atoms with Gasteiger partial charge in [-0.1, -0.05) is 24.2 Å². The lowest BCUT2D eigenvalue weighted by Crippen LogP contribution is -2.44. The fraction of sp³-hybridized carbons (Fsp3) is 0.333. The maximum absolute atomic E-state index is 13.4. The SMILES string of the molecule is CCC(NC(=O)Cc1cccc(F)c1F)C(N)=NO. The van der Waals surface area contributed by atoms with Crippen molar-refractivity contribution >= 4 is 11.7 Å². The van der Waals surface area contributed by atoms with Crippen LogP contribution in [0, 0.1) is 11.6 Å². The standard InChI is InChI=1S/C12H15F2N3O2/c1-2-9(12(15)17-19)16-10(18)6-7-4-3-5-8(13)11(7)14/h3-5,9,19H,2,6H2,1H3,(H2,15,17)(H,16,18). The third-order valence-electron chi connectivity index (χ3n) is 2.60. The molecule has 1 aromatic carbocycles. The zero-order valence-corrected chi connectivity index (χ0v) is 10.4. The minimum absolute atomic E-state index is 0.0492. The molecule has 1 unspecified atom stereocenters. The van der Waals surface area contributed by atoms with Gasteiger partial charge in [-0.2, -0.15) is 0 Å². The molecule has 1 amide bonds. The van der Waals surface area contributed by atoms with E-state index in [0.717, 1.165) is 6.07 Å². The number of oxime groups is 1. The van der Waals surface area contributed by atoms with Gasteiger partial charge in [0.15, 0.2) is 17.5 Å². The fourth-order valence-electron chi connectivity index (χ4n) is 1.56. The molecule has 0 heterocycles. The van der Waals surface area contributed by atoms with Crippen LogP contribution in [-0.4, -0.2) is 23.0 Å². The summed E-state index contributed by atoms with van der Waals surface area (Å²) in [5.41, 5.74) is 5.33. The van der Waals surface area contributed by atoms with Crippen LogP contribution in [-0.2, 0) is 11.2 Å². The number of nitrogens with one attached hydrogen (secondary N) is 1. The van der Waals surface area contributed by atoms with Gasteiger partial charge < -0.3 is 16.3 Å². The van der Waals surface area contributed by atoms with Crippen LogP contribution < -0.4 is 11.1 Å². The Morgan fingerprint density at radius 1 is 1.53 bits per heavy atom. The molecule has 1 aromatic rings. The van der Waals surface area contributed by atoms with Gasteiger partial charge in [-0.15, -0.1) is 0 Å². The van der Waals surface area contributed by atoms with Crippen molar-refractivity contribution in [1.82, 2.24) is 5.32 Å². The van der Waals surface area contributed by atoms with Gasteiger partial charge in [0.05, 0.1) is 12.5 Å². The smallest absolute Gasteiger partial charge is 0.225 e. The number of carbonyl (C=O) groups is 1. The summed E-state index contributed by atoms with van der Waals surface area (Å²) >= 11 is 0. The summed E-state index contributed by atoms with van der Waals surface area (Å²) in [5.74, 6) is -2.73. The van der Waals surface area contributed by atoms with Crippen LogP contribution in [0.25, 0.3) is 0 Å². The minimum atomic E-state index is -1.05. The van der Waals surface area contributed by atoms with Crippen molar-refractivity contribution in [2.24, 2.45) is 10.9 Å². The summed E-state index contributed by atoms with van der Waals surface area (Å²) < 4.78 is 26.3. The van der Waals surface area contributed by atoms with E-state index in [4.69, 9.17) is 10.9 Å². The Balaban J connectivity index is 2.72. The number of benzene rings is 1. The van der Waals surface area contributed by atoms with Gasteiger partial charge in [0.25, 0.3) is 0 Å². The molecule has 0 bridgehead atoms. The summed E-state index contributed by atoms with van der Waals surface area (Å²) in [5, 5.41) is 13.8. The molecule has 0 saturated heterocycles. The number of hydrogen-bond acceptors (Lipinski definition) is 3. The lowest BCUT2D eigenvalue weighted by molar-refractivity contribution is -0.120. The van der Waals surface area contributed by atoms with Gasteiger partial charge in [-0.3, -0.25) is 4.79 Å². The second kappa shape index (κ2) is 6.67. The molecule has 1 rings (SSSR count). The molecule has 5 nitrogen and oxygen atoms in total. The molecular formula is C12H15F2N3O2. The third kappa shape index (κ3) is 3.90. The van der Waals surface area contributed by atoms with E-state index in [1.807, 2.05) is 0 Å². The van der Waals surface area contributed by atoms with E-state index in [9.17, 15) is 13.6 Å². The number of hydrogen-bond donors (Lipinski definition) is 3. The Kier molecular flexibility index (Phi) is 5.23. The van der Waals surface area contributed by atoms with Crippen molar-refractivity contribution in [3.05, 3.63) is 35.4 Å². The van der Waals surface area contributed by atoms with E-state index in [1.54, 1.807) is 6.92 Å². The molecule has 0 aliphatic carbocycles. The lowest BCUT2D eigenvalue weighted by atomic mass is 10.1. The normalized spacial score (nSPS) is 13.1. The predicted molar refractivity (Wildman–Crippen MR) is 65.7 cm³/mol. The molecule has 4 N–H and O–H groups in total. The van der Waals surface area contributed by atoms with Crippen molar-refractivity contribution in [1.29, 1.82) is 0 Å². The van der Waals surface area contributed by atoms with E-state index >= 15 is 0 Å². The van der Waals surface area contributed by atoms with E-state index < -0.39 is 23.6 Å². The summed E-state index contributed by atoms with van der Waals surface area (Å²) in [6.07, 6.45) is 0.0894. The van der Waals surface area contributed by atoms with Gasteiger partial charge in [0, 0.05) is 5.56 Å². The summed E-state index contributed by atoms with van der Waals surface area (Å²) in [7, 11) is 0. The number of rotatable bonds is 5. The van der Waals surface area contributed by atoms with Crippen LogP contribution in [0.3, 0.4) is 0 Å². The maximum atomic E-state index is 13.4. The van der Waals surface area contributed by atoms with Gasteiger partial charge in [-0.25, -0.2) is 8.78 Å². The first kappa shape index (κ1) is 14.9. The van der Waals surface area contributed by atoms with Crippen LogP contribution in [0.2, 0.25) is 0 Å². The first-order chi connectivity index (χ1) is 8.99. The van der Waals surface area contributed by atoms with Crippen LogP contribution in [0.5, 0.6) is 0 Å². The zero-order valence-electron chi connectivity index (χ0n) is 10.4. The molecule has 19 heavy (non-hydrogen) atoms. The molecular weight excluding hydrogens is 256 g/mol. The Morgan fingerprint density at radius 2 is 2.21 bits per heavy atom. The van der Waals surface area contributed by atoms with Crippen molar-refractivity contribution in [2.45, 2.75) is 25.8 Å². The number of carbonyl (C=O) groups excluding carboxylic acids is 1. The molecule has 7 heteroatoms. The minimum Gasteiger partial charge on any atom is -0.409 e. The van der Waals surface area contributed by atoms with E-state index in [2.05, 4.69) is 10.5 Å². The first-order valence-corrected chi connectivity index (χ1v) is 5.69. The molecule has 0 spiro atoms. The fourth-order valence-corrected chi connectivity index (χ4v) is 1.56. The van der Waals surface area contributed by atoms with Gasteiger partial charge in [0.2, 0.25) is 5.91 Å². The first-order valence-electron chi connectivity index (χ1n) is 5.69. The Bertz CT molecular complexity index is 492. The summed E-state index contributed by atoms with van der Waals surface area (Å²) in [4.78, 5) is 11.7. The number of nitrogens with zero attached hydrogens (tertiary/aromatic N) is 1. The number of amides is 1. The Morgan fingerprint density at radius 3 is 2.79 bits per heavy atom. The predicted octanol–water partition coefficient (Wildman–Crippen LogP) is 1.15. The summed E-state index contributed by atoms with van der Waals surface area (Å²) in [6.45, 7) is 1.73. The van der Waals surface area contributed by atoms with Gasteiger partial charge in [-0.05, 0) is 12.5 Å². The molecule has 0 aliphatic rings. The highest BCUT2D eigenvalue weighted by Crippen LogP contribution is 2.11. The van der Waals surface area contributed by atoms with Crippen molar-refractivity contribution in [3.8, 4) is 0 Å². The summed E-state index contributed by atoms with van der Waals surface area (Å²) in [6, 6.07) is 2.97. The quantitative estimate of drug-likeness (QED) is 0.325. The molecule has 0 aliphatic heterocycles. The monoisotopic (exact) mass is 271 g/mol. The van der Waals surface area contributed by atoms with Crippen molar-refractivity contribution in [3.63, 3.8) is 0 Å². The van der Waals surface area contributed by atoms with Crippen molar-refractivity contribution in [2.75, 3.05) is 0 Å². The van der Waals surface area contributed by atoms with Crippen LogP contribution >= 0.6 is 0 Å². The Labute approximate surface area is 109 Å². The van der Waals surface area contributed by atoms with Crippen molar-refractivity contribution < 1.29 is 18.8 Å². The molecule has 0 fully saturated rings. The average molecular weight is 271 g/mol. The highest BCUT2D eigenvalue weighted by Gasteiger charge is 2.17. The largest absolute Gasteiger partial charge is 0.409 e. The number of halogens is 2. The van der Waals surface area contributed by atoms with E-state index in [0.29, 0.717) is 6.42 Å². The average Bonchev–Trinajstić information content (AvgIpc) is 2.40. The molecule has 0 aromatic heterocycles. The van der Waals surface area contributed by atoms with E-state index in [1.165, 1.54) is 12.1 Å². The lowest BCUT2D eigenvalue weighted by Gasteiger charge is -2.15. The van der Waals surface area contributed by atoms with Crippen LogP contribution in [0.15, 0.2) is 23.4 Å². The topological polar surface area (TPSA) is 87.7 Å². The van der Waals surface area contributed by atoms with E-state index in [-0.39, 0.29) is 17.8 Å². The maximum Gasteiger partial charge on any atom is 0.225 e. The van der Waals surface area contributed by atoms with Gasteiger partial charge in [0.1, 0.15) is 0 Å². The van der Waals surface area contributed by atoms with Gasteiger partial charge >= 0.3 is 0 Å². The zero-order chi connectivity index (χ0) is 14.4. The Hall–Kier alpha value is -2.18. The highest BCUT2D eigenvalue weighted by atomic mass is 19.2. The molecule has 0 radical (unpaired) electrons.